The van der Waals surface area contributed by atoms with Crippen LogP contribution in [0, 0.1) is 5.41 Å². The van der Waals surface area contributed by atoms with Gasteiger partial charge in [0.1, 0.15) is 0 Å². The van der Waals surface area contributed by atoms with Crippen LogP contribution in [-0.2, 0) is 11.3 Å². The molecule has 0 amide bonds. The van der Waals surface area contributed by atoms with Gasteiger partial charge in [0, 0.05) is 30.0 Å². The highest BCUT2D eigenvalue weighted by Crippen LogP contribution is 2.45. The summed E-state index contributed by atoms with van der Waals surface area (Å²) < 4.78 is 5.80. The van der Waals surface area contributed by atoms with Crippen LogP contribution in [0.25, 0.3) is 0 Å². The third kappa shape index (κ3) is 2.54. The molecule has 1 aliphatic carbocycles. The fourth-order valence-electron chi connectivity index (χ4n) is 2.62. The smallest absolute Gasteiger partial charge is 0.0795 e. The van der Waals surface area contributed by atoms with E-state index >= 15 is 0 Å². The molecule has 4 heteroatoms. The first-order valence-corrected chi connectivity index (χ1v) is 7.37. The number of hydrogen-bond acceptors (Lipinski definition) is 4. The van der Waals surface area contributed by atoms with E-state index in [0.717, 1.165) is 31.7 Å². The molecule has 0 saturated heterocycles. The van der Waals surface area contributed by atoms with Crippen LogP contribution in [-0.4, -0.2) is 23.7 Å². The normalized spacial score (nSPS) is 32.4. The molecule has 1 heterocycles. The second-order valence-corrected chi connectivity index (χ2v) is 5.67. The fraction of sp³-hybridized carbons (Fsp3) is 0.769. The van der Waals surface area contributed by atoms with Crippen molar-refractivity contribution in [1.82, 2.24) is 10.3 Å². The summed E-state index contributed by atoms with van der Waals surface area (Å²) in [5.74, 6) is 0. The minimum Gasteiger partial charge on any atom is -0.378 e. The van der Waals surface area contributed by atoms with Gasteiger partial charge >= 0.3 is 0 Å². The molecule has 0 aliphatic heterocycles. The summed E-state index contributed by atoms with van der Waals surface area (Å²) in [4.78, 5) is 4.30. The lowest BCUT2D eigenvalue weighted by atomic mass is 9.61. The standard InChI is InChI=1S/C13H22N2OS/c1-4-13(3)11(6-12(13)16-5-2)14-7-10-8-17-9-15-10/h8-9,11-12,14H,4-7H2,1-3H3. The van der Waals surface area contributed by atoms with Gasteiger partial charge < -0.3 is 10.1 Å². The Bertz CT molecular complexity index is 341. The lowest BCUT2D eigenvalue weighted by Crippen LogP contribution is -2.61. The Morgan fingerprint density at radius 3 is 3.00 bits per heavy atom. The number of nitrogens with one attached hydrogen (secondary N) is 1. The maximum Gasteiger partial charge on any atom is 0.0795 e. The van der Waals surface area contributed by atoms with E-state index in [9.17, 15) is 0 Å². The van der Waals surface area contributed by atoms with Gasteiger partial charge in [0.25, 0.3) is 0 Å². The van der Waals surface area contributed by atoms with Gasteiger partial charge in [-0.25, -0.2) is 4.98 Å². The molecular formula is C13H22N2OS. The topological polar surface area (TPSA) is 34.1 Å². The third-order valence-electron chi connectivity index (χ3n) is 4.12. The highest BCUT2D eigenvalue weighted by Gasteiger charge is 2.50. The summed E-state index contributed by atoms with van der Waals surface area (Å²) in [6.07, 6.45) is 2.71. The molecule has 3 nitrogen and oxygen atoms in total. The summed E-state index contributed by atoms with van der Waals surface area (Å²) >= 11 is 1.66. The van der Waals surface area contributed by atoms with E-state index in [1.807, 2.05) is 5.51 Å². The van der Waals surface area contributed by atoms with E-state index in [4.69, 9.17) is 4.74 Å². The first kappa shape index (κ1) is 13.0. The van der Waals surface area contributed by atoms with Crippen molar-refractivity contribution in [2.24, 2.45) is 5.41 Å². The van der Waals surface area contributed by atoms with Crippen LogP contribution < -0.4 is 5.32 Å². The number of rotatable bonds is 6. The summed E-state index contributed by atoms with van der Waals surface area (Å²) in [5, 5.41) is 5.72. The number of ether oxygens (including phenoxy) is 1. The zero-order valence-corrected chi connectivity index (χ0v) is 11.7. The average Bonchev–Trinajstić information content (AvgIpc) is 2.84. The Kier molecular flexibility index (Phi) is 4.17. The molecule has 0 bridgehead atoms. The van der Waals surface area contributed by atoms with Crippen molar-refractivity contribution in [3.63, 3.8) is 0 Å². The Morgan fingerprint density at radius 1 is 1.59 bits per heavy atom. The highest BCUT2D eigenvalue weighted by molar-refractivity contribution is 7.07. The molecule has 1 N–H and O–H groups in total. The minimum absolute atomic E-state index is 0.284. The van der Waals surface area contributed by atoms with Crippen molar-refractivity contribution in [3.8, 4) is 0 Å². The summed E-state index contributed by atoms with van der Waals surface area (Å²) in [6, 6.07) is 0.561. The predicted octanol–water partition coefficient (Wildman–Crippen LogP) is 2.83. The number of thiazole rings is 1. The zero-order valence-electron chi connectivity index (χ0n) is 10.9. The molecule has 17 heavy (non-hydrogen) atoms. The van der Waals surface area contributed by atoms with Gasteiger partial charge in [0.2, 0.25) is 0 Å². The number of hydrogen-bond donors (Lipinski definition) is 1. The first-order valence-electron chi connectivity index (χ1n) is 6.42. The molecule has 0 spiro atoms. The van der Waals surface area contributed by atoms with Crippen LogP contribution in [0.15, 0.2) is 10.9 Å². The maximum atomic E-state index is 5.80. The molecule has 0 radical (unpaired) electrons. The van der Waals surface area contributed by atoms with E-state index in [0.29, 0.717) is 12.1 Å². The Morgan fingerprint density at radius 2 is 2.41 bits per heavy atom. The second-order valence-electron chi connectivity index (χ2n) is 4.95. The molecule has 3 unspecified atom stereocenters. The lowest BCUT2D eigenvalue weighted by Gasteiger charge is -2.53. The van der Waals surface area contributed by atoms with Crippen molar-refractivity contribution in [2.75, 3.05) is 6.61 Å². The molecule has 1 aromatic heterocycles. The molecule has 0 aromatic carbocycles. The van der Waals surface area contributed by atoms with Gasteiger partial charge in [0.15, 0.2) is 0 Å². The van der Waals surface area contributed by atoms with E-state index in [1.54, 1.807) is 11.3 Å². The molecule has 1 aliphatic rings. The highest BCUT2D eigenvalue weighted by atomic mass is 32.1. The van der Waals surface area contributed by atoms with E-state index < -0.39 is 0 Å². The number of aromatic nitrogens is 1. The van der Waals surface area contributed by atoms with Crippen molar-refractivity contribution >= 4 is 11.3 Å². The molecule has 1 aromatic rings. The van der Waals surface area contributed by atoms with Crippen LogP contribution in [0.5, 0.6) is 0 Å². The maximum absolute atomic E-state index is 5.80. The molecule has 1 fully saturated rings. The largest absolute Gasteiger partial charge is 0.378 e. The second kappa shape index (κ2) is 5.46. The van der Waals surface area contributed by atoms with Crippen molar-refractivity contribution in [2.45, 2.75) is 52.3 Å². The first-order chi connectivity index (χ1) is 8.20. The van der Waals surface area contributed by atoms with Crippen LogP contribution in [0.1, 0.15) is 39.3 Å². The molecule has 1 saturated carbocycles. The van der Waals surface area contributed by atoms with Gasteiger partial charge in [-0.1, -0.05) is 13.8 Å². The molecule has 2 rings (SSSR count). The quantitative estimate of drug-likeness (QED) is 0.847. The Labute approximate surface area is 108 Å². The van der Waals surface area contributed by atoms with E-state index in [-0.39, 0.29) is 5.41 Å². The lowest BCUT2D eigenvalue weighted by molar-refractivity contribution is -0.126. The minimum atomic E-state index is 0.284. The van der Waals surface area contributed by atoms with E-state index in [1.165, 1.54) is 0 Å². The van der Waals surface area contributed by atoms with Gasteiger partial charge in [-0.05, 0) is 19.8 Å². The van der Waals surface area contributed by atoms with Crippen LogP contribution in [0.3, 0.4) is 0 Å². The summed E-state index contributed by atoms with van der Waals surface area (Å²) in [5.41, 5.74) is 3.32. The summed E-state index contributed by atoms with van der Waals surface area (Å²) in [6.45, 7) is 8.35. The van der Waals surface area contributed by atoms with Crippen LogP contribution in [0.2, 0.25) is 0 Å². The van der Waals surface area contributed by atoms with Crippen LogP contribution >= 0.6 is 11.3 Å². The van der Waals surface area contributed by atoms with Crippen molar-refractivity contribution in [1.29, 1.82) is 0 Å². The van der Waals surface area contributed by atoms with Gasteiger partial charge in [0.05, 0.1) is 17.3 Å². The monoisotopic (exact) mass is 254 g/mol. The Hall–Kier alpha value is -0.450. The summed E-state index contributed by atoms with van der Waals surface area (Å²) in [7, 11) is 0. The zero-order chi connectivity index (χ0) is 12.3. The predicted molar refractivity (Wildman–Crippen MR) is 71.2 cm³/mol. The molecule has 96 valence electrons. The van der Waals surface area contributed by atoms with Gasteiger partial charge in [-0.2, -0.15) is 0 Å². The SMILES string of the molecule is CCOC1CC(NCc2cscn2)C1(C)CC. The van der Waals surface area contributed by atoms with Crippen LogP contribution in [0.4, 0.5) is 0 Å². The van der Waals surface area contributed by atoms with Crippen molar-refractivity contribution in [3.05, 3.63) is 16.6 Å². The average molecular weight is 254 g/mol. The third-order valence-corrected chi connectivity index (χ3v) is 4.76. The Balaban J connectivity index is 1.86. The molecule has 3 atom stereocenters. The van der Waals surface area contributed by atoms with Gasteiger partial charge in [-0.3, -0.25) is 0 Å². The fourth-order valence-corrected chi connectivity index (χ4v) is 3.18. The van der Waals surface area contributed by atoms with Crippen molar-refractivity contribution < 1.29 is 4.74 Å². The van der Waals surface area contributed by atoms with E-state index in [2.05, 4.69) is 36.5 Å². The molecular weight excluding hydrogens is 232 g/mol. The van der Waals surface area contributed by atoms with Gasteiger partial charge in [-0.15, -0.1) is 11.3 Å². The number of nitrogens with zero attached hydrogens (tertiary/aromatic N) is 1.